The lowest BCUT2D eigenvalue weighted by Gasteiger charge is -2.04. The Labute approximate surface area is 90.9 Å². The molecule has 0 saturated heterocycles. The molecule has 0 unspecified atom stereocenters. The maximum atomic E-state index is 10.7. The van der Waals surface area contributed by atoms with Gasteiger partial charge in [-0.3, -0.25) is 4.79 Å². The monoisotopic (exact) mass is 223 g/mol. The molecule has 16 heavy (non-hydrogen) atoms. The summed E-state index contributed by atoms with van der Waals surface area (Å²) in [5.41, 5.74) is 0.417. The summed E-state index contributed by atoms with van der Waals surface area (Å²) >= 11 is 0. The number of hydrogen-bond donors (Lipinski definition) is 2. The molecule has 0 fully saturated rings. The van der Waals surface area contributed by atoms with E-state index in [4.69, 9.17) is 14.7 Å². The van der Waals surface area contributed by atoms with Gasteiger partial charge in [0.05, 0.1) is 11.3 Å². The molecular formula is C10H9NO5. The van der Waals surface area contributed by atoms with Gasteiger partial charge in [0.25, 0.3) is 0 Å². The van der Waals surface area contributed by atoms with Crippen molar-refractivity contribution in [2.45, 2.75) is 6.92 Å². The third-order valence-electron chi connectivity index (χ3n) is 1.47. The first kappa shape index (κ1) is 13.5. The van der Waals surface area contributed by atoms with Gasteiger partial charge in [0.2, 0.25) is 5.91 Å². The van der Waals surface area contributed by atoms with Gasteiger partial charge in [-0.05, 0) is 12.1 Å². The maximum absolute atomic E-state index is 10.7. The molecule has 2 N–H and O–H groups in total. The number of amides is 1. The molecule has 1 rings (SSSR count). The molecule has 0 bridgehead atoms. The van der Waals surface area contributed by atoms with Crippen molar-refractivity contribution >= 4 is 23.7 Å². The molecule has 0 atom stereocenters. The number of aromatic carboxylic acids is 1. The number of carbonyl (C=O) groups excluding carboxylic acids is 3. The van der Waals surface area contributed by atoms with Gasteiger partial charge in [-0.1, -0.05) is 12.1 Å². The van der Waals surface area contributed by atoms with Crippen LogP contribution >= 0.6 is 0 Å². The highest BCUT2D eigenvalue weighted by Crippen LogP contribution is 2.14. The molecule has 0 spiro atoms. The molecule has 0 aliphatic carbocycles. The lowest BCUT2D eigenvalue weighted by atomic mass is 10.2. The van der Waals surface area contributed by atoms with Gasteiger partial charge in [0.15, 0.2) is 0 Å². The van der Waals surface area contributed by atoms with E-state index in [2.05, 4.69) is 5.32 Å². The van der Waals surface area contributed by atoms with Crippen LogP contribution in [0.15, 0.2) is 24.3 Å². The zero-order chi connectivity index (χ0) is 12.6. The fourth-order valence-corrected chi connectivity index (χ4v) is 0.968. The minimum absolute atomic E-state index is 0.0951. The SMILES string of the molecule is CC(=O)Nc1ccccc1C(=O)O.O=C=O. The maximum Gasteiger partial charge on any atom is 0.373 e. The van der Waals surface area contributed by atoms with Crippen molar-refractivity contribution in [3.63, 3.8) is 0 Å². The Morgan fingerprint density at radius 2 is 1.75 bits per heavy atom. The zero-order valence-corrected chi connectivity index (χ0v) is 8.39. The molecule has 1 amide bonds. The lowest BCUT2D eigenvalue weighted by Crippen LogP contribution is -2.10. The molecule has 1 aromatic carbocycles. The second kappa shape index (κ2) is 6.92. The molecule has 0 aliphatic rings. The summed E-state index contributed by atoms with van der Waals surface area (Å²) in [6.45, 7) is 1.33. The van der Waals surface area contributed by atoms with Gasteiger partial charge >= 0.3 is 12.1 Å². The number of rotatable bonds is 2. The fourth-order valence-electron chi connectivity index (χ4n) is 0.968. The van der Waals surface area contributed by atoms with Gasteiger partial charge in [-0.15, -0.1) is 0 Å². The molecular weight excluding hydrogens is 214 g/mol. The molecule has 84 valence electrons. The van der Waals surface area contributed by atoms with Crippen LogP contribution in [0.3, 0.4) is 0 Å². The van der Waals surface area contributed by atoms with Gasteiger partial charge in [-0.25, -0.2) is 4.79 Å². The van der Waals surface area contributed by atoms with Gasteiger partial charge in [-0.2, -0.15) is 9.59 Å². The Morgan fingerprint density at radius 1 is 1.25 bits per heavy atom. The summed E-state index contributed by atoms with van der Waals surface area (Å²) in [7, 11) is 0. The Kier molecular flexibility index (Phi) is 5.85. The third kappa shape index (κ3) is 4.69. The Hall–Kier alpha value is -2.46. The number of hydrogen-bond acceptors (Lipinski definition) is 4. The number of carboxylic acid groups (broad SMARTS) is 1. The summed E-state index contributed by atoms with van der Waals surface area (Å²) < 4.78 is 0. The van der Waals surface area contributed by atoms with E-state index in [0.717, 1.165) is 0 Å². The average Bonchev–Trinajstić information content (AvgIpc) is 2.18. The fraction of sp³-hybridized carbons (Fsp3) is 0.100. The van der Waals surface area contributed by atoms with E-state index in [1.165, 1.54) is 13.0 Å². The molecule has 6 heteroatoms. The van der Waals surface area contributed by atoms with Crippen LogP contribution in [0, 0.1) is 0 Å². The van der Waals surface area contributed by atoms with Crippen molar-refractivity contribution in [3.05, 3.63) is 29.8 Å². The summed E-state index contributed by atoms with van der Waals surface area (Å²) in [6, 6.07) is 6.25. The van der Waals surface area contributed by atoms with Crippen LogP contribution in [0.25, 0.3) is 0 Å². The van der Waals surface area contributed by atoms with Crippen LogP contribution < -0.4 is 5.32 Å². The average molecular weight is 223 g/mol. The predicted octanol–water partition coefficient (Wildman–Crippen LogP) is 0.760. The summed E-state index contributed by atoms with van der Waals surface area (Å²) in [5.74, 6) is -1.34. The first-order chi connectivity index (χ1) is 7.52. The highest BCUT2D eigenvalue weighted by molar-refractivity contribution is 5.99. The van der Waals surface area contributed by atoms with Crippen LogP contribution in [0.1, 0.15) is 17.3 Å². The van der Waals surface area contributed by atoms with Crippen LogP contribution in [-0.4, -0.2) is 23.1 Å². The van der Waals surface area contributed by atoms with Gasteiger partial charge in [0.1, 0.15) is 0 Å². The Balaban J connectivity index is 0.000000673. The van der Waals surface area contributed by atoms with E-state index in [1.807, 2.05) is 0 Å². The molecule has 0 heterocycles. The van der Waals surface area contributed by atoms with Crippen LogP contribution in [0.2, 0.25) is 0 Å². The Morgan fingerprint density at radius 3 is 2.19 bits per heavy atom. The van der Waals surface area contributed by atoms with Crippen molar-refractivity contribution in [2.75, 3.05) is 5.32 Å². The number of nitrogens with one attached hydrogen (secondary N) is 1. The molecule has 0 aromatic heterocycles. The van der Waals surface area contributed by atoms with Gasteiger partial charge in [0, 0.05) is 6.92 Å². The highest BCUT2D eigenvalue weighted by atomic mass is 16.4. The van der Waals surface area contributed by atoms with Crippen molar-refractivity contribution < 1.29 is 24.3 Å². The van der Waals surface area contributed by atoms with E-state index < -0.39 is 5.97 Å². The number of carbonyl (C=O) groups is 2. The molecule has 0 radical (unpaired) electrons. The second-order valence-corrected chi connectivity index (χ2v) is 2.62. The molecule has 1 aromatic rings. The number of carboxylic acids is 1. The van der Waals surface area contributed by atoms with Crippen LogP contribution in [0.5, 0.6) is 0 Å². The summed E-state index contributed by atoms with van der Waals surface area (Å²) in [4.78, 5) is 37.6. The largest absolute Gasteiger partial charge is 0.478 e. The lowest BCUT2D eigenvalue weighted by molar-refractivity contribution is -0.191. The summed E-state index contributed by atoms with van der Waals surface area (Å²) in [6.07, 6.45) is 0.250. The molecule has 0 aliphatic heterocycles. The topological polar surface area (TPSA) is 101 Å². The van der Waals surface area contributed by atoms with E-state index in [-0.39, 0.29) is 17.6 Å². The van der Waals surface area contributed by atoms with E-state index in [9.17, 15) is 9.59 Å². The Bertz CT molecular complexity index is 421. The van der Waals surface area contributed by atoms with Crippen molar-refractivity contribution in [1.29, 1.82) is 0 Å². The number of benzene rings is 1. The third-order valence-corrected chi connectivity index (χ3v) is 1.47. The van der Waals surface area contributed by atoms with E-state index in [0.29, 0.717) is 5.69 Å². The van der Waals surface area contributed by atoms with Crippen molar-refractivity contribution in [3.8, 4) is 0 Å². The number of anilines is 1. The van der Waals surface area contributed by atoms with E-state index in [1.54, 1.807) is 18.2 Å². The van der Waals surface area contributed by atoms with Crippen LogP contribution in [0.4, 0.5) is 5.69 Å². The zero-order valence-electron chi connectivity index (χ0n) is 8.39. The highest BCUT2D eigenvalue weighted by Gasteiger charge is 2.08. The quantitative estimate of drug-likeness (QED) is 0.770. The minimum Gasteiger partial charge on any atom is -0.478 e. The normalized spacial score (nSPS) is 8.06. The molecule has 6 nitrogen and oxygen atoms in total. The van der Waals surface area contributed by atoms with Crippen molar-refractivity contribution in [2.24, 2.45) is 0 Å². The standard InChI is InChI=1S/C9H9NO3.CO2/c1-6(11)10-8-5-3-2-4-7(8)9(12)13;2-1-3/h2-5H,1H3,(H,10,11)(H,12,13);. The van der Waals surface area contributed by atoms with Crippen LogP contribution in [-0.2, 0) is 14.4 Å². The minimum atomic E-state index is -1.05. The first-order valence-electron chi connectivity index (χ1n) is 4.12. The second-order valence-electron chi connectivity index (χ2n) is 2.62. The first-order valence-corrected chi connectivity index (χ1v) is 4.12. The van der Waals surface area contributed by atoms with E-state index >= 15 is 0 Å². The predicted molar refractivity (Wildman–Crippen MR) is 52.7 cm³/mol. The van der Waals surface area contributed by atoms with Gasteiger partial charge < -0.3 is 10.4 Å². The molecule has 0 saturated carbocycles. The smallest absolute Gasteiger partial charge is 0.373 e. The summed E-state index contributed by atoms with van der Waals surface area (Å²) in [5, 5.41) is 11.2. The van der Waals surface area contributed by atoms with Crippen molar-refractivity contribution in [1.82, 2.24) is 0 Å². The number of para-hydroxylation sites is 1.